The Kier molecular flexibility index (Phi) is 5.60. The molecule has 1 aromatic carbocycles. The van der Waals surface area contributed by atoms with Crippen LogP contribution in [-0.4, -0.2) is 19.1 Å². The molecule has 2 N–H and O–H groups in total. The lowest BCUT2D eigenvalue weighted by Gasteiger charge is -2.18. The van der Waals surface area contributed by atoms with Gasteiger partial charge in [-0.25, -0.2) is 9.18 Å². The first-order valence-corrected chi connectivity index (χ1v) is 6.61. The summed E-state index contributed by atoms with van der Waals surface area (Å²) in [7, 11) is 0. The van der Waals surface area contributed by atoms with Crippen molar-refractivity contribution in [2.75, 3.05) is 13.1 Å². The van der Waals surface area contributed by atoms with Crippen molar-refractivity contribution in [1.29, 1.82) is 0 Å². The van der Waals surface area contributed by atoms with Gasteiger partial charge in [-0.2, -0.15) is 0 Å². The molecule has 0 fully saturated rings. The molecule has 3 nitrogen and oxygen atoms in total. The maximum absolute atomic E-state index is 12.9. The number of benzene rings is 1. The van der Waals surface area contributed by atoms with Gasteiger partial charge >= 0.3 is 6.03 Å². The standard InChI is InChI=1S/C14H20ClFN2O/c1-14(2,3)9-18-13(19)17-7-6-10-4-5-12(16)11(15)8-10/h4-5,8H,6-7,9H2,1-3H3,(H2,17,18,19). The van der Waals surface area contributed by atoms with E-state index in [1.807, 2.05) is 20.8 Å². The molecule has 0 aromatic heterocycles. The molecular weight excluding hydrogens is 267 g/mol. The number of carbonyl (C=O) groups is 1. The van der Waals surface area contributed by atoms with Crippen LogP contribution in [0.1, 0.15) is 26.3 Å². The molecule has 0 saturated heterocycles. The Labute approximate surface area is 118 Å². The van der Waals surface area contributed by atoms with Gasteiger partial charge in [0.1, 0.15) is 5.82 Å². The number of halogens is 2. The van der Waals surface area contributed by atoms with E-state index in [2.05, 4.69) is 10.6 Å². The van der Waals surface area contributed by atoms with Gasteiger partial charge in [0.05, 0.1) is 5.02 Å². The molecule has 0 aliphatic carbocycles. The monoisotopic (exact) mass is 286 g/mol. The average Bonchev–Trinajstić information content (AvgIpc) is 2.30. The minimum atomic E-state index is -0.429. The number of amides is 2. The second kappa shape index (κ2) is 6.75. The molecule has 0 aliphatic rings. The molecule has 0 atom stereocenters. The Morgan fingerprint density at radius 1 is 1.32 bits per heavy atom. The first-order valence-electron chi connectivity index (χ1n) is 6.23. The lowest BCUT2D eigenvalue weighted by atomic mass is 9.97. The van der Waals surface area contributed by atoms with Crippen LogP contribution in [0.4, 0.5) is 9.18 Å². The third-order valence-corrected chi connectivity index (χ3v) is 2.75. The van der Waals surface area contributed by atoms with Crippen molar-refractivity contribution in [2.45, 2.75) is 27.2 Å². The maximum Gasteiger partial charge on any atom is 0.314 e. The van der Waals surface area contributed by atoms with E-state index in [1.165, 1.54) is 6.07 Å². The molecule has 0 unspecified atom stereocenters. The van der Waals surface area contributed by atoms with Gasteiger partial charge in [0, 0.05) is 13.1 Å². The predicted octanol–water partition coefficient (Wildman–Crippen LogP) is 3.37. The zero-order valence-corrected chi connectivity index (χ0v) is 12.3. The quantitative estimate of drug-likeness (QED) is 0.875. The van der Waals surface area contributed by atoms with E-state index < -0.39 is 5.82 Å². The summed E-state index contributed by atoms with van der Waals surface area (Å²) in [6, 6.07) is 4.38. The summed E-state index contributed by atoms with van der Waals surface area (Å²) in [6.07, 6.45) is 0.614. The largest absolute Gasteiger partial charge is 0.338 e. The summed E-state index contributed by atoms with van der Waals surface area (Å²) in [5.74, 6) is -0.429. The first kappa shape index (κ1) is 15.8. The Bertz CT molecular complexity index is 444. The van der Waals surface area contributed by atoms with Gasteiger partial charge in [-0.05, 0) is 29.5 Å². The minimum Gasteiger partial charge on any atom is -0.338 e. The molecular formula is C14H20ClFN2O. The second-order valence-corrected chi connectivity index (χ2v) is 6.08. The summed E-state index contributed by atoms with van der Waals surface area (Å²) in [5.41, 5.74) is 0.949. The van der Waals surface area contributed by atoms with Crippen LogP contribution in [0.3, 0.4) is 0 Å². The molecule has 5 heteroatoms. The van der Waals surface area contributed by atoms with Crippen LogP contribution in [0.5, 0.6) is 0 Å². The van der Waals surface area contributed by atoms with Gasteiger partial charge in [0.15, 0.2) is 0 Å². The predicted molar refractivity (Wildman–Crippen MR) is 76.0 cm³/mol. The van der Waals surface area contributed by atoms with Crippen molar-refractivity contribution in [3.63, 3.8) is 0 Å². The number of urea groups is 1. The van der Waals surface area contributed by atoms with Gasteiger partial charge in [-0.15, -0.1) is 0 Å². The second-order valence-electron chi connectivity index (χ2n) is 5.67. The molecule has 0 aliphatic heterocycles. The van der Waals surface area contributed by atoms with Crippen molar-refractivity contribution in [3.05, 3.63) is 34.6 Å². The number of hydrogen-bond donors (Lipinski definition) is 2. The third kappa shape index (κ3) is 6.43. The van der Waals surface area contributed by atoms with Crippen molar-refractivity contribution in [1.82, 2.24) is 10.6 Å². The topological polar surface area (TPSA) is 41.1 Å². The van der Waals surface area contributed by atoms with Crippen LogP contribution >= 0.6 is 11.6 Å². The maximum atomic E-state index is 12.9. The Hall–Kier alpha value is -1.29. The van der Waals surface area contributed by atoms with Crippen molar-refractivity contribution in [3.8, 4) is 0 Å². The molecule has 2 amide bonds. The van der Waals surface area contributed by atoms with Crippen LogP contribution < -0.4 is 10.6 Å². The highest BCUT2D eigenvalue weighted by atomic mass is 35.5. The zero-order valence-electron chi connectivity index (χ0n) is 11.5. The summed E-state index contributed by atoms with van der Waals surface area (Å²) < 4.78 is 12.9. The van der Waals surface area contributed by atoms with E-state index >= 15 is 0 Å². The summed E-state index contributed by atoms with van der Waals surface area (Å²) in [5, 5.41) is 5.65. The highest BCUT2D eigenvalue weighted by Crippen LogP contribution is 2.16. The fourth-order valence-electron chi connectivity index (χ4n) is 1.42. The van der Waals surface area contributed by atoms with E-state index in [-0.39, 0.29) is 16.5 Å². The van der Waals surface area contributed by atoms with Gasteiger partial charge in [-0.3, -0.25) is 0 Å². The van der Waals surface area contributed by atoms with Crippen LogP contribution in [0.25, 0.3) is 0 Å². The summed E-state index contributed by atoms with van der Waals surface area (Å²) in [4.78, 5) is 11.5. The van der Waals surface area contributed by atoms with Gasteiger partial charge in [-0.1, -0.05) is 38.4 Å². The number of nitrogens with one attached hydrogen (secondary N) is 2. The molecule has 0 bridgehead atoms. The summed E-state index contributed by atoms with van der Waals surface area (Å²) >= 11 is 5.68. The smallest absolute Gasteiger partial charge is 0.314 e. The molecule has 1 aromatic rings. The normalized spacial score (nSPS) is 11.2. The molecule has 0 radical (unpaired) electrons. The molecule has 0 heterocycles. The van der Waals surface area contributed by atoms with Gasteiger partial charge in [0.2, 0.25) is 0 Å². The minimum absolute atomic E-state index is 0.0574. The van der Waals surface area contributed by atoms with Crippen molar-refractivity contribution in [2.24, 2.45) is 5.41 Å². The van der Waals surface area contributed by atoms with Crippen LogP contribution in [0, 0.1) is 11.2 Å². The number of carbonyl (C=O) groups excluding carboxylic acids is 1. The average molecular weight is 287 g/mol. The first-order chi connectivity index (χ1) is 8.78. The van der Waals surface area contributed by atoms with Crippen molar-refractivity contribution < 1.29 is 9.18 Å². The highest BCUT2D eigenvalue weighted by molar-refractivity contribution is 6.30. The highest BCUT2D eigenvalue weighted by Gasteiger charge is 2.11. The zero-order chi connectivity index (χ0) is 14.5. The van der Waals surface area contributed by atoms with E-state index in [0.29, 0.717) is 19.5 Å². The van der Waals surface area contributed by atoms with Gasteiger partial charge in [0.25, 0.3) is 0 Å². The Morgan fingerprint density at radius 3 is 2.58 bits per heavy atom. The molecule has 1 rings (SSSR count). The molecule has 19 heavy (non-hydrogen) atoms. The summed E-state index contributed by atoms with van der Waals surface area (Å²) in [6.45, 7) is 7.24. The van der Waals surface area contributed by atoms with Crippen LogP contribution in [0.15, 0.2) is 18.2 Å². The molecule has 0 spiro atoms. The fourth-order valence-corrected chi connectivity index (χ4v) is 1.63. The Morgan fingerprint density at radius 2 is 2.00 bits per heavy atom. The van der Waals surface area contributed by atoms with E-state index in [0.717, 1.165) is 5.56 Å². The van der Waals surface area contributed by atoms with Gasteiger partial charge < -0.3 is 10.6 Å². The lowest BCUT2D eigenvalue weighted by molar-refractivity contribution is 0.235. The van der Waals surface area contributed by atoms with E-state index in [4.69, 9.17) is 11.6 Å². The van der Waals surface area contributed by atoms with Crippen molar-refractivity contribution >= 4 is 17.6 Å². The molecule has 0 saturated carbocycles. The Balaban J connectivity index is 2.30. The van der Waals surface area contributed by atoms with E-state index in [9.17, 15) is 9.18 Å². The SMILES string of the molecule is CC(C)(C)CNC(=O)NCCc1ccc(F)c(Cl)c1. The fraction of sp³-hybridized carbons (Fsp3) is 0.500. The number of rotatable bonds is 4. The van der Waals surface area contributed by atoms with E-state index in [1.54, 1.807) is 12.1 Å². The lowest BCUT2D eigenvalue weighted by Crippen LogP contribution is -2.40. The van der Waals surface area contributed by atoms with Crippen LogP contribution in [-0.2, 0) is 6.42 Å². The molecule has 106 valence electrons. The third-order valence-electron chi connectivity index (χ3n) is 2.46. The van der Waals surface area contributed by atoms with Crippen LogP contribution in [0.2, 0.25) is 5.02 Å². The number of hydrogen-bond acceptors (Lipinski definition) is 1.